The highest BCUT2D eigenvalue weighted by Gasteiger charge is 2.32. The second-order valence-electron chi connectivity index (χ2n) is 8.06. The average Bonchev–Trinajstić information content (AvgIpc) is 3.18. The Kier molecular flexibility index (Phi) is 6.22. The van der Waals surface area contributed by atoms with Gasteiger partial charge in [-0.1, -0.05) is 17.4 Å². The summed E-state index contributed by atoms with van der Waals surface area (Å²) in [6, 6.07) is 9.98. The highest BCUT2D eigenvalue weighted by atomic mass is 32.2. The molecule has 0 aliphatic carbocycles. The summed E-state index contributed by atoms with van der Waals surface area (Å²) in [5.74, 6) is -0.380. The third kappa shape index (κ3) is 4.49. The zero-order valence-corrected chi connectivity index (χ0v) is 20.0. The van der Waals surface area contributed by atoms with Crippen molar-refractivity contribution in [3.8, 4) is 0 Å². The first-order valence-electron chi connectivity index (χ1n) is 10.3. The third-order valence-electron chi connectivity index (χ3n) is 5.51. The molecule has 0 unspecified atom stereocenters. The van der Waals surface area contributed by atoms with Crippen LogP contribution >= 0.6 is 11.3 Å². The van der Waals surface area contributed by atoms with Crippen molar-refractivity contribution in [3.05, 3.63) is 53.1 Å². The van der Waals surface area contributed by atoms with E-state index in [9.17, 15) is 13.2 Å². The van der Waals surface area contributed by atoms with Crippen LogP contribution in [0, 0.1) is 13.8 Å². The number of anilines is 1. The first-order chi connectivity index (χ1) is 15.1. The maximum absolute atomic E-state index is 13.0. The van der Waals surface area contributed by atoms with Gasteiger partial charge in [-0.15, -0.1) is 0 Å². The minimum Gasteiger partial charge on any atom is -0.373 e. The number of carbonyl (C=O) groups excluding carboxylic acids is 1. The molecule has 0 radical (unpaired) electrons. The summed E-state index contributed by atoms with van der Waals surface area (Å²) in [4.78, 5) is 17.2. The fraction of sp³-hybridized carbons (Fsp3) is 0.364. The molecule has 2 N–H and O–H groups in total. The summed E-state index contributed by atoms with van der Waals surface area (Å²) in [5.41, 5.74) is 9.00. The molecule has 0 bridgehead atoms. The Labute approximate surface area is 191 Å². The number of fused-ring (bicyclic) bond motifs is 1. The number of aryl methyl sites for hydroxylation is 2. The number of nitrogens with zero attached hydrogens (tertiary/aromatic N) is 2. The average molecular weight is 475 g/mol. The molecule has 1 fully saturated rings. The van der Waals surface area contributed by atoms with E-state index in [-0.39, 0.29) is 23.0 Å². The van der Waals surface area contributed by atoms with Crippen LogP contribution < -0.4 is 10.9 Å². The van der Waals surface area contributed by atoms with Gasteiger partial charge >= 0.3 is 0 Å². The van der Waals surface area contributed by atoms with Crippen LogP contribution in [-0.2, 0) is 14.8 Å². The van der Waals surface area contributed by atoms with Crippen molar-refractivity contribution in [3.63, 3.8) is 0 Å². The molecule has 2 heterocycles. The molecule has 32 heavy (non-hydrogen) atoms. The molecular formula is C22H26N4O4S2. The number of rotatable bonds is 5. The number of morpholine rings is 1. The van der Waals surface area contributed by atoms with Crippen LogP contribution in [0.25, 0.3) is 10.2 Å². The number of hydrogen-bond donors (Lipinski definition) is 2. The predicted octanol–water partition coefficient (Wildman–Crippen LogP) is 3.47. The van der Waals surface area contributed by atoms with Gasteiger partial charge in [0.2, 0.25) is 15.2 Å². The molecule has 170 valence electrons. The number of thiazole rings is 1. The molecule has 10 heteroatoms. The lowest BCUT2D eigenvalue weighted by Gasteiger charge is -2.34. The number of nitrogens with one attached hydrogen (secondary N) is 2. The Morgan fingerprint density at radius 2 is 1.75 bits per heavy atom. The standard InChI is InChI=1S/C22H26N4O4S2/c1-13-5-10-19-20(16(13)4)23-22(31-19)25-24-21(27)17-6-8-18(9-7-17)32(28,29)26-11-14(2)30-15(3)12-26/h5-10,14-15H,11-12H2,1-4H3,(H,23,25)(H,24,27)/t14-,15-/m1/s1. The number of amides is 1. The lowest BCUT2D eigenvalue weighted by Crippen LogP contribution is -2.48. The van der Waals surface area contributed by atoms with Gasteiger partial charge < -0.3 is 4.74 Å². The van der Waals surface area contributed by atoms with Crippen molar-refractivity contribution >= 4 is 42.6 Å². The van der Waals surface area contributed by atoms with E-state index in [2.05, 4.69) is 15.8 Å². The molecule has 3 aromatic rings. The lowest BCUT2D eigenvalue weighted by atomic mass is 10.1. The molecule has 8 nitrogen and oxygen atoms in total. The molecule has 2 atom stereocenters. The van der Waals surface area contributed by atoms with Crippen LogP contribution in [-0.4, -0.2) is 48.9 Å². The Balaban J connectivity index is 1.44. The van der Waals surface area contributed by atoms with Gasteiger partial charge in [0.1, 0.15) is 0 Å². The second-order valence-corrected chi connectivity index (χ2v) is 11.0. The van der Waals surface area contributed by atoms with E-state index in [4.69, 9.17) is 4.74 Å². The van der Waals surface area contributed by atoms with Crippen molar-refractivity contribution in [2.45, 2.75) is 44.8 Å². The lowest BCUT2D eigenvalue weighted by molar-refractivity contribution is -0.0440. The van der Waals surface area contributed by atoms with Gasteiger partial charge in [-0.25, -0.2) is 13.4 Å². The Bertz CT molecular complexity index is 1240. The SMILES string of the molecule is Cc1ccc2sc(NNC(=O)c3ccc(S(=O)(=O)N4C[C@@H](C)O[C@H](C)C4)cc3)nc2c1C. The topological polar surface area (TPSA) is 101 Å². The number of ether oxygens (including phenoxy) is 1. The maximum Gasteiger partial charge on any atom is 0.269 e. The van der Waals surface area contributed by atoms with E-state index in [1.165, 1.54) is 39.9 Å². The largest absolute Gasteiger partial charge is 0.373 e. The Hall–Kier alpha value is -2.53. The zero-order chi connectivity index (χ0) is 23.0. The van der Waals surface area contributed by atoms with E-state index in [1.807, 2.05) is 39.8 Å². The van der Waals surface area contributed by atoms with Crippen LogP contribution in [0.1, 0.15) is 35.3 Å². The predicted molar refractivity (Wildman–Crippen MR) is 125 cm³/mol. The molecule has 0 spiro atoms. The monoisotopic (exact) mass is 474 g/mol. The summed E-state index contributed by atoms with van der Waals surface area (Å²) in [6.07, 6.45) is -0.334. The van der Waals surface area contributed by atoms with Gasteiger partial charge in [0, 0.05) is 18.7 Å². The van der Waals surface area contributed by atoms with Crippen molar-refractivity contribution in [1.29, 1.82) is 0 Å². The van der Waals surface area contributed by atoms with Crippen molar-refractivity contribution in [2.24, 2.45) is 0 Å². The number of benzene rings is 2. The fourth-order valence-electron chi connectivity index (χ4n) is 3.72. The van der Waals surface area contributed by atoms with Gasteiger partial charge in [-0.05, 0) is 69.2 Å². The first kappa shape index (κ1) is 22.7. The Morgan fingerprint density at radius 1 is 1.09 bits per heavy atom. The number of aromatic nitrogens is 1. The first-order valence-corrected chi connectivity index (χ1v) is 12.6. The number of carbonyl (C=O) groups is 1. The maximum atomic E-state index is 13.0. The molecule has 1 saturated heterocycles. The number of sulfonamides is 1. The van der Waals surface area contributed by atoms with Crippen molar-refractivity contribution in [1.82, 2.24) is 14.7 Å². The van der Waals surface area contributed by atoms with Crippen LogP contribution in [0.3, 0.4) is 0 Å². The molecule has 1 aliphatic heterocycles. The summed E-state index contributed by atoms with van der Waals surface area (Å²) < 4.78 is 34.0. The van der Waals surface area contributed by atoms with E-state index in [1.54, 1.807) is 0 Å². The second kappa shape index (κ2) is 8.78. The third-order valence-corrected chi connectivity index (χ3v) is 8.29. The van der Waals surface area contributed by atoms with Crippen molar-refractivity contribution < 1.29 is 17.9 Å². The molecule has 4 rings (SSSR count). The summed E-state index contributed by atoms with van der Waals surface area (Å²) in [6.45, 7) is 8.37. The summed E-state index contributed by atoms with van der Waals surface area (Å²) in [5, 5.41) is 0.580. The summed E-state index contributed by atoms with van der Waals surface area (Å²) in [7, 11) is -3.65. The van der Waals surface area contributed by atoms with E-state index in [0.29, 0.717) is 23.8 Å². The van der Waals surface area contributed by atoms with E-state index < -0.39 is 10.0 Å². The Morgan fingerprint density at radius 3 is 2.41 bits per heavy atom. The van der Waals surface area contributed by atoms with Crippen LogP contribution in [0.2, 0.25) is 0 Å². The molecular weight excluding hydrogens is 448 g/mol. The van der Waals surface area contributed by atoms with Gasteiger partial charge in [0.25, 0.3) is 5.91 Å². The molecule has 0 saturated carbocycles. The smallest absolute Gasteiger partial charge is 0.269 e. The van der Waals surface area contributed by atoms with Crippen LogP contribution in [0.15, 0.2) is 41.3 Å². The van der Waals surface area contributed by atoms with Crippen LogP contribution in [0.4, 0.5) is 5.13 Å². The van der Waals surface area contributed by atoms with Gasteiger partial charge in [-0.2, -0.15) is 4.31 Å². The quantitative estimate of drug-likeness (QED) is 0.549. The molecule has 1 aliphatic rings. The van der Waals surface area contributed by atoms with Gasteiger partial charge in [0.05, 0.1) is 27.3 Å². The van der Waals surface area contributed by atoms with Gasteiger partial charge in [-0.3, -0.25) is 15.6 Å². The van der Waals surface area contributed by atoms with Crippen LogP contribution in [0.5, 0.6) is 0 Å². The minimum atomic E-state index is -3.65. The molecule has 2 aromatic carbocycles. The van der Waals surface area contributed by atoms with Crippen molar-refractivity contribution in [2.75, 3.05) is 18.5 Å². The fourth-order valence-corrected chi connectivity index (χ4v) is 6.19. The highest BCUT2D eigenvalue weighted by Crippen LogP contribution is 2.29. The van der Waals surface area contributed by atoms with Gasteiger partial charge in [0.15, 0.2) is 0 Å². The van der Waals surface area contributed by atoms with E-state index >= 15 is 0 Å². The van der Waals surface area contributed by atoms with E-state index in [0.717, 1.165) is 21.3 Å². The summed E-state index contributed by atoms with van der Waals surface area (Å²) >= 11 is 1.45. The number of hydrazine groups is 1. The number of hydrogen-bond acceptors (Lipinski definition) is 7. The normalized spacial score (nSPS) is 19.8. The minimum absolute atomic E-state index is 0.153. The zero-order valence-electron chi connectivity index (χ0n) is 18.4. The highest BCUT2D eigenvalue weighted by molar-refractivity contribution is 7.89. The molecule has 1 amide bonds. The molecule has 1 aromatic heterocycles.